The highest BCUT2D eigenvalue weighted by atomic mass is 16.6. The van der Waals surface area contributed by atoms with Crippen molar-refractivity contribution < 1.29 is 19.4 Å². The molecule has 0 spiro atoms. The molecule has 2 amide bonds. The third kappa shape index (κ3) is 2.73. The lowest BCUT2D eigenvalue weighted by atomic mass is 9.92. The van der Waals surface area contributed by atoms with Gasteiger partial charge in [-0.15, -0.1) is 0 Å². The number of nitro benzene ring substituents is 2. The largest absolute Gasteiger partial charge is 0.288 e. The lowest BCUT2D eigenvalue weighted by molar-refractivity contribution is -0.390. The van der Waals surface area contributed by atoms with E-state index in [1.165, 1.54) is 12.1 Å². The third-order valence-corrected chi connectivity index (χ3v) is 5.12. The van der Waals surface area contributed by atoms with Crippen LogP contribution in [0.2, 0.25) is 0 Å². The van der Waals surface area contributed by atoms with Crippen molar-refractivity contribution in [2.24, 2.45) is 0 Å². The number of hydrogen-bond donors (Lipinski definition) is 1. The maximum atomic E-state index is 13.0. The van der Waals surface area contributed by atoms with E-state index in [0.29, 0.717) is 5.69 Å². The first-order valence-electron chi connectivity index (χ1n) is 8.82. The minimum Gasteiger partial charge on any atom is -0.288 e. The van der Waals surface area contributed by atoms with Gasteiger partial charge < -0.3 is 0 Å². The molecule has 3 aromatic carbocycles. The molecule has 0 radical (unpaired) electrons. The molecule has 0 fully saturated rings. The summed E-state index contributed by atoms with van der Waals surface area (Å²) in [6.45, 7) is 3.81. The van der Waals surface area contributed by atoms with Crippen molar-refractivity contribution in [1.29, 1.82) is 0 Å². The van der Waals surface area contributed by atoms with Crippen molar-refractivity contribution in [3.63, 3.8) is 0 Å². The van der Waals surface area contributed by atoms with Gasteiger partial charge in [-0.25, -0.2) is 0 Å². The molecule has 4 rings (SSSR count). The molecule has 10 heteroatoms. The molecule has 1 heterocycles. The number of aryl methyl sites for hydroxylation is 2. The number of nitro groups is 2. The summed E-state index contributed by atoms with van der Waals surface area (Å²) in [5, 5.41) is 23.2. The maximum Gasteiger partial charge on any atom is 0.284 e. The third-order valence-electron chi connectivity index (χ3n) is 5.12. The van der Waals surface area contributed by atoms with Crippen molar-refractivity contribution in [2.75, 3.05) is 5.43 Å². The van der Waals surface area contributed by atoms with Crippen molar-refractivity contribution in [3.8, 4) is 0 Å². The SMILES string of the molecule is Cc1ccc(NN2C(=O)c3ccc([N+](=O)[O-])c4c([N+](=O)[O-])ccc(c34)C2=O)cc1C. The quantitative estimate of drug-likeness (QED) is 0.394. The second-order valence-electron chi connectivity index (χ2n) is 6.89. The first-order valence-corrected chi connectivity index (χ1v) is 8.82. The van der Waals surface area contributed by atoms with Gasteiger partial charge in [-0.1, -0.05) is 6.07 Å². The molecular weight excluding hydrogens is 392 g/mol. The number of benzene rings is 3. The molecule has 1 N–H and O–H groups in total. The van der Waals surface area contributed by atoms with Crippen LogP contribution in [0.4, 0.5) is 17.1 Å². The minimum absolute atomic E-state index is 0.0368. The Morgan fingerprint density at radius 3 is 1.77 bits per heavy atom. The molecule has 0 atom stereocenters. The lowest BCUT2D eigenvalue weighted by Crippen LogP contribution is -2.44. The van der Waals surface area contributed by atoms with Crippen LogP contribution in [0.1, 0.15) is 31.8 Å². The van der Waals surface area contributed by atoms with Gasteiger partial charge >= 0.3 is 0 Å². The normalized spacial score (nSPS) is 12.9. The summed E-state index contributed by atoms with van der Waals surface area (Å²) < 4.78 is 0. The van der Waals surface area contributed by atoms with Gasteiger partial charge in [0, 0.05) is 17.5 Å². The van der Waals surface area contributed by atoms with Gasteiger partial charge in [0.05, 0.1) is 26.7 Å². The number of nitrogens with zero attached hydrogens (tertiary/aromatic N) is 3. The highest BCUT2D eigenvalue weighted by Crippen LogP contribution is 2.40. The van der Waals surface area contributed by atoms with E-state index in [1.807, 2.05) is 19.9 Å². The number of hydrazine groups is 1. The molecule has 0 saturated heterocycles. The van der Waals surface area contributed by atoms with E-state index in [4.69, 9.17) is 0 Å². The molecule has 0 saturated carbocycles. The molecule has 10 nitrogen and oxygen atoms in total. The summed E-state index contributed by atoms with van der Waals surface area (Å²) >= 11 is 0. The number of rotatable bonds is 4. The smallest absolute Gasteiger partial charge is 0.284 e. The molecule has 3 aromatic rings. The maximum absolute atomic E-state index is 13.0. The van der Waals surface area contributed by atoms with E-state index >= 15 is 0 Å². The van der Waals surface area contributed by atoms with Gasteiger partial charge in [-0.2, -0.15) is 5.01 Å². The minimum atomic E-state index is -0.773. The van der Waals surface area contributed by atoms with Crippen molar-refractivity contribution in [1.82, 2.24) is 5.01 Å². The molecule has 0 bridgehead atoms. The monoisotopic (exact) mass is 406 g/mol. The summed E-state index contributed by atoms with van der Waals surface area (Å²) in [5.74, 6) is -1.52. The Kier molecular flexibility index (Phi) is 4.19. The molecular formula is C20H14N4O6. The van der Waals surface area contributed by atoms with Gasteiger partial charge in [0.25, 0.3) is 23.2 Å². The summed E-state index contributed by atoms with van der Waals surface area (Å²) in [4.78, 5) is 47.4. The van der Waals surface area contributed by atoms with E-state index in [1.54, 1.807) is 12.1 Å². The topological polar surface area (TPSA) is 136 Å². The van der Waals surface area contributed by atoms with Crippen LogP contribution >= 0.6 is 0 Å². The van der Waals surface area contributed by atoms with Gasteiger partial charge in [0.15, 0.2) is 0 Å². The van der Waals surface area contributed by atoms with E-state index in [-0.39, 0.29) is 21.9 Å². The van der Waals surface area contributed by atoms with Crippen LogP contribution in [0.25, 0.3) is 10.8 Å². The number of anilines is 1. The highest BCUT2D eigenvalue weighted by Gasteiger charge is 2.38. The first-order chi connectivity index (χ1) is 14.2. The van der Waals surface area contributed by atoms with Crippen LogP contribution in [0.5, 0.6) is 0 Å². The highest BCUT2D eigenvalue weighted by molar-refractivity contribution is 6.28. The van der Waals surface area contributed by atoms with E-state index in [9.17, 15) is 29.8 Å². The van der Waals surface area contributed by atoms with E-state index in [2.05, 4.69) is 5.43 Å². The predicted octanol–water partition coefficient (Wildman–Crippen LogP) is 3.90. The fourth-order valence-corrected chi connectivity index (χ4v) is 3.50. The number of carbonyl (C=O) groups is 2. The molecule has 150 valence electrons. The molecule has 1 aliphatic rings. The van der Waals surface area contributed by atoms with Crippen LogP contribution in [-0.2, 0) is 0 Å². The number of imide groups is 1. The molecule has 1 aliphatic heterocycles. The van der Waals surface area contributed by atoms with Crippen LogP contribution in [-0.4, -0.2) is 26.7 Å². The standard InChI is InChI=1S/C20H14N4O6/c1-10-3-4-12(9-11(10)2)21-22-19(25)13-5-7-15(23(27)28)18-16(24(29)30)8-6-14(17(13)18)20(22)26/h3-9,21H,1-2H3. The second kappa shape index (κ2) is 6.62. The van der Waals surface area contributed by atoms with Gasteiger partial charge in [0.2, 0.25) is 0 Å². The fourth-order valence-electron chi connectivity index (χ4n) is 3.50. The van der Waals surface area contributed by atoms with Crippen molar-refractivity contribution >= 4 is 39.6 Å². The summed E-state index contributed by atoms with van der Waals surface area (Å²) in [7, 11) is 0. The Balaban J connectivity index is 1.91. The van der Waals surface area contributed by atoms with Crippen LogP contribution < -0.4 is 5.43 Å². The number of hydrogen-bond acceptors (Lipinski definition) is 7. The van der Waals surface area contributed by atoms with Crippen LogP contribution in [0.15, 0.2) is 42.5 Å². The Morgan fingerprint density at radius 2 is 1.30 bits per heavy atom. The number of carbonyl (C=O) groups excluding carboxylic acids is 2. The number of nitrogens with one attached hydrogen (secondary N) is 1. The van der Waals surface area contributed by atoms with Crippen molar-refractivity contribution in [3.05, 3.63) is 84.9 Å². The zero-order valence-corrected chi connectivity index (χ0v) is 15.8. The summed E-state index contributed by atoms with van der Waals surface area (Å²) in [5.41, 5.74) is 4.10. The molecule has 30 heavy (non-hydrogen) atoms. The fraction of sp³-hybridized carbons (Fsp3) is 0.100. The summed E-state index contributed by atoms with van der Waals surface area (Å²) in [6.07, 6.45) is 0. The Morgan fingerprint density at radius 1 is 0.767 bits per heavy atom. The lowest BCUT2D eigenvalue weighted by Gasteiger charge is -2.28. The Bertz CT molecular complexity index is 1230. The summed E-state index contributed by atoms with van der Waals surface area (Å²) in [6, 6.07) is 9.80. The second-order valence-corrected chi connectivity index (χ2v) is 6.89. The average Bonchev–Trinajstić information content (AvgIpc) is 2.70. The average molecular weight is 406 g/mol. The van der Waals surface area contributed by atoms with Gasteiger partial charge in [-0.05, 0) is 49.2 Å². The van der Waals surface area contributed by atoms with Crippen LogP contribution in [0, 0.1) is 34.1 Å². The molecule has 0 unspecified atom stereocenters. The van der Waals surface area contributed by atoms with Gasteiger partial charge in [-0.3, -0.25) is 35.2 Å². The van der Waals surface area contributed by atoms with E-state index in [0.717, 1.165) is 28.3 Å². The predicted molar refractivity (Wildman–Crippen MR) is 107 cm³/mol. The number of amides is 2. The first kappa shape index (κ1) is 19.0. The van der Waals surface area contributed by atoms with Gasteiger partial charge in [0.1, 0.15) is 5.39 Å². The number of non-ortho nitro benzene ring substituents is 2. The molecule has 0 aliphatic carbocycles. The zero-order chi connectivity index (χ0) is 21.7. The van der Waals surface area contributed by atoms with Crippen LogP contribution in [0.3, 0.4) is 0 Å². The van der Waals surface area contributed by atoms with E-state index < -0.39 is 33.0 Å². The zero-order valence-electron chi connectivity index (χ0n) is 15.8. The Labute approximate surface area is 169 Å². The van der Waals surface area contributed by atoms with Crippen molar-refractivity contribution in [2.45, 2.75) is 13.8 Å². The Hall–Kier alpha value is -4.34. The molecule has 0 aromatic heterocycles.